The van der Waals surface area contributed by atoms with Crippen molar-refractivity contribution in [3.63, 3.8) is 0 Å². The quantitative estimate of drug-likeness (QED) is 0.843. The molecule has 0 spiro atoms. The van der Waals surface area contributed by atoms with Gasteiger partial charge in [-0.2, -0.15) is 11.3 Å². The summed E-state index contributed by atoms with van der Waals surface area (Å²) in [4.78, 5) is 13.7. The van der Waals surface area contributed by atoms with Gasteiger partial charge in [0.2, 0.25) is 5.91 Å². The Hall–Kier alpha value is -0.870. The Balaban J connectivity index is 1.89. The first-order chi connectivity index (χ1) is 7.27. The molecule has 1 atom stereocenters. The highest BCUT2D eigenvalue weighted by molar-refractivity contribution is 7.07. The minimum Gasteiger partial charge on any atom is -0.340 e. The maximum atomic E-state index is 11.9. The topological polar surface area (TPSA) is 32.3 Å². The Labute approximate surface area is 94.1 Å². The second-order valence-corrected chi connectivity index (χ2v) is 4.75. The number of amides is 1. The van der Waals surface area contributed by atoms with Crippen LogP contribution in [0.5, 0.6) is 0 Å². The summed E-state index contributed by atoms with van der Waals surface area (Å²) < 4.78 is 0. The second kappa shape index (κ2) is 4.77. The normalized spacial score (nSPS) is 20.5. The molecule has 1 saturated heterocycles. The number of nitrogens with zero attached hydrogens (tertiary/aromatic N) is 1. The molecule has 1 aromatic heterocycles. The van der Waals surface area contributed by atoms with Gasteiger partial charge in [-0.3, -0.25) is 4.79 Å². The molecule has 0 aliphatic carbocycles. The molecule has 0 saturated carbocycles. The van der Waals surface area contributed by atoms with E-state index in [0.29, 0.717) is 0 Å². The molecule has 2 heterocycles. The number of hydrogen-bond donors (Lipinski definition) is 1. The SMILES string of the molecule is CN(Cc1ccsc1)C(=O)[C@@H]1CCCN1. The van der Waals surface area contributed by atoms with Crippen LogP contribution in [-0.4, -0.2) is 30.4 Å². The zero-order valence-electron chi connectivity index (χ0n) is 8.90. The summed E-state index contributed by atoms with van der Waals surface area (Å²) in [6.07, 6.45) is 2.09. The molecule has 1 N–H and O–H groups in total. The van der Waals surface area contributed by atoms with E-state index in [1.807, 2.05) is 17.3 Å². The fourth-order valence-electron chi connectivity index (χ4n) is 1.90. The summed E-state index contributed by atoms with van der Waals surface area (Å²) >= 11 is 1.67. The molecule has 1 aliphatic heterocycles. The molecule has 0 aromatic carbocycles. The predicted molar refractivity (Wildman–Crippen MR) is 61.8 cm³/mol. The summed E-state index contributed by atoms with van der Waals surface area (Å²) in [7, 11) is 1.88. The molecule has 15 heavy (non-hydrogen) atoms. The lowest BCUT2D eigenvalue weighted by molar-refractivity contribution is -0.132. The predicted octanol–water partition coefficient (Wildman–Crippen LogP) is 1.46. The van der Waals surface area contributed by atoms with Crippen molar-refractivity contribution in [2.24, 2.45) is 0 Å². The van der Waals surface area contributed by atoms with Crippen molar-refractivity contribution in [1.29, 1.82) is 0 Å². The highest BCUT2D eigenvalue weighted by atomic mass is 32.1. The van der Waals surface area contributed by atoms with Gasteiger partial charge >= 0.3 is 0 Å². The van der Waals surface area contributed by atoms with Crippen LogP contribution in [0, 0.1) is 0 Å². The van der Waals surface area contributed by atoms with Crippen LogP contribution in [0.3, 0.4) is 0 Å². The number of carbonyl (C=O) groups is 1. The molecule has 0 radical (unpaired) electrons. The van der Waals surface area contributed by atoms with Gasteiger partial charge < -0.3 is 10.2 Å². The smallest absolute Gasteiger partial charge is 0.239 e. The number of hydrogen-bond acceptors (Lipinski definition) is 3. The van der Waals surface area contributed by atoms with Gasteiger partial charge in [-0.1, -0.05) is 0 Å². The zero-order chi connectivity index (χ0) is 10.7. The highest BCUT2D eigenvalue weighted by Gasteiger charge is 2.24. The Kier molecular flexibility index (Phi) is 3.38. The van der Waals surface area contributed by atoms with Crippen molar-refractivity contribution in [2.75, 3.05) is 13.6 Å². The lowest BCUT2D eigenvalue weighted by Crippen LogP contribution is -2.41. The fraction of sp³-hybridized carbons (Fsp3) is 0.545. The van der Waals surface area contributed by atoms with Crippen LogP contribution in [0.25, 0.3) is 0 Å². The third-order valence-electron chi connectivity index (χ3n) is 2.73. The van der Waals surface area contributed by atoms with Gasteiger partial charge in [0.05, 0.1) is 6.04 Å². The van der Waals surface area contributed by atoms with Crippen LogP contribution in [0.2, 0.25) is 0 Å². The maximum absolute atomic E-state index is 11.9. The Bertz CT molecular complexity index is 317. The summed E-state index contributed by atoms with van der Waals surface area (Å²) in [5.74, 6) is 0.221. The molecule has 2 rings (SSSR count). The van der Waals surface area contributed by atoms with Gasteiger partial charge in [0.1, 0.15) is 0 Å². The minimum atomic E-state index is 0.0497. The first-order valence-electron chi connectivity index (χ1n) is 5.27. The van der Waals surface area contributed by atoms with Gasteiger partial charge in [-0.15, -0.1) is 0 Å². The van der Waals surface area contributed by atoms with Crippen molar-refractivity contribution in [2.45, 2.75) is 25.4 Å². The highest BCUT2D eigenvalue weighted by Crippen LogP contribution is 2.12. The standard InChI is InChI=1S/C11H16N2OS/c1-13(7-9-4-6-15-8-9)11(14)10-3-2-5-12-10/h4,6,8,10,12H,2-3,5,7H2,1H3/t10-/m0/s1. The molecular weight excluding hydrogens is 208 g/mol. The number of thiophene rings is 1. The minimum absolute atomic E-state index is 0.0497. The number of likely N-dealkylation sites (N-methyl/N-ethyl adjacent to an activating group) is 1. The summed E-state index contributed by atoms with van der Waals surface area (Å²) in [6, 6.07) is 2.12. The van der Waals surface area contributed by atoms with E-state index in [0.717, 1.165) is 25.9 Å². The molecule has 0 bridgehead atoms. The molecule has 3 nitrogen and oxygen atoms in total. The van der Waals surface area contributed by atoms with Gasteiger partial charge in [0, 0.05) is 13.6 Å². The van der Waals surface area contributed by atoms with E-state index in [1.54, 1.807) is 11.3 Å². The lowest BCUT2D eigenvalue weighted by atomic mass is 10.2. The van der Waals surface area contributed by atoms with Crippen molar-refractivity contribution in [3.05, 3.63) is 22.4 Å². The summed E-state index contributed by atoms with van der Waals surface area (Å²) in [5, 5.41) is 7.36. The molecule has 1 amide bonds. The van der Waals surface area contributed by atoms with Crippen molar-refractivity contribution in [3.8, 4) is 0 Å². The number of carbonyl (C=O) groups excluding carboxylic acids is 1. The van der Waals surface area contributed by atoms with Gasteiger partial charge in [-0.25, -0.2) is 0 Å². The molecule has 1 aromatic rings. The van der Waals surface area contributed by atoms with Gasteiger partial charge in [-0.05, 0) is 41.8 Å². The Morgan fingerprint density at radius 3 is 3.20 bits per heavy atom. The van der Waals surface area contributed by atoms with Gasteiger partial charge in [0.15, 0.2) is 0 Å². The van der Waals surface area contributed by atoms with Crippen LogP contribution in [0.4, 0.5) is 0 Å². The fourth-order valence-corrected chi connectivity index (χ4v) is 2.56. The average molecular weight is 224 g/mol. The molecular formula is C11H16N2OS. The molecule has 82 valence electrons. The van der Waals surface area contributed by atoms with Crippen LogP contribution in [-0.2, 0) is 11.3 Å². The molecule has 1 fully saturated rings. The lowest BCUT2D eigenvalue weighted by Gasteiger charge is -2.20. The number of rotatable bonds is 3. The van der Waals surface area contributed by atoms with Crippen LogP contribution >= 0.6 is 11.3 Å². The average Bonchev–Trinajstić information content (AvgIpc) is 2.88. The second-order valence-electron chi connectivity index (χ2n) is 3.97. The van der Waals surface area contributed by atoms with E-state index in [1.165, 1.54) is 5.56 Å². The number of nitrogens with one attached hydrogen (secondary N) is 1. The van der Waals surface area contributed by atoms with Gasteiger partial charge in [0.25, 0.3) is 0 Å². The summed E-state index contributed by atoms with van der Waals surface area (Å²) in [6.45, 7) is 1.70. The third kappa shape index (κ3) is 2.58. The first-order valence-corrected chi connectivity index (χ1v) is 6.21. The Morgan fingerprint density at radius 1 is 1.73 bits per heavy atom. The van der Waals surface area contributed by atoms with Crippen LogP contribution in [0.1, 0.15) is 18.4 Å². The Morgan fingerprint density at radius 2 is 2.60 bits per heavy atom. The van der Waals surface area contributed by atoms with E-state index < -0.39 is 0 Å². The third-order valence-corrected chi connectivity index (χ3v) is 3.47. The van der Waals surface area contributed by atoms with Crippen molar-refractivity contribution in [1.82, 2.24) is 10.2 Å². The van der Waals surface area contributed by atoms with E-state index in [-0.39, 0.29) is 11.9 Å². The molecule has 0 unspecified atom stereocenters. The summed E-state index contributed by atoms with van der Waals surface area (Å²) in [5.41, 5.74) is 1.22. The van der Waals surface area contributed by atoms with E-state index >= 15 is 0 Å². The van der Waals surface area contributed by atoms with Crippen molar-refractivity contribution < 1.29 is 4.79 Å². The molecule has 1 aliphatic rings. The van der Waals surface area contributed by atoms with E-state index in [4.69, 9.17) is 0 Å². The van der Waals surface area contributed by atoms with Crippen LogP contribution in [0.15, 0.2) is 16.8 Å². The van der Waals surface area contributed by atoms with E-state index in [9.17, 15) is 4.79 Å². The maximum Gasteiger partial charge on any atom is 0.239 e. The van der Waals surface area contributed by atoms with Crippen LogP contribution < -0.4 is 5.32 Å². The zero-order valence-corrected chi connectivity index (χ0v) is 9.72. The van der Waals surface area contributed by atoms with E-state index in [2.05, 4.69) is 16.8 Å². The largest absolute Gasteiger partial charge is 0.340 e. The monoisotopic (exact) mass is 224 g/mol. The van der Waals surface area contributed by atoms with Crippen molar-refractivity contribution >= 4 is 17.2 Å². The first kappa shape index (κ1) is 10.6. The molecule has 4 heteroatoms.